The number of H-pyrrole nitrogens is 1. The lowest BCUT2D eigenvalue weighted by Crippen LogP contribution is -2.46. The van der Waals surface area contributed by atoms with Crippen molar-refractivity contribution in [3.05, 3.63) is 18.6 Å². The summed E-state index contributed by atoms with van der Waals surface area (Å²) in [6.07, 6.45) is -1.85. The molecule has 0 amide bonds. The predicted octanol–water partition coefficient (Wildman–Crippen LogP) is 2.30. The normalized spacial score (nSPS) is 26.3. The summed E-state index contributed by atoms with van der Waals surface area (Å²) in [6.45, 7) is 3.24. The Morgan fingerprint density at radius 1 is 1.35 bits per heavy atom. The Morgan fingerprint density at radius 2 is 2.19 bits per heavy atom. The minimum absolute atomic E-state index is 0.0227. The summed E-state index contributed by atoms with van der Waals surface area (Å²) in [5.74, 6) is 0.752. The molecule has 3 N–H and O–H groups in total. The van der Waals surface area contributed by atoms with Crippen molar-refractivity contribution < 1.29 is 31.4 Å². The molecule has 0 radical (unpaired) electrons. The Hall–Kier alpha value is -2.82. The van der Waals surface area contributed by atoms with Gasteiger partial charge in [-0.2, -0.15) is 27.8 Å². The fourth-order valence-corrected chi connectivity index (χ4v) is 5.27. The average Bonchev–Trinajstić information content (AvgIpc) is 3.50. The van der Waals surface area contributed by atoms with E-state index in [1.54, 1.807) is 6.20 Å². The molecule has 0 aliphatic carbocycles. The van der Waals surface area contributed by atoms with E-state index in [2.05, 4.69) is 30.6 Å². The van der Waals surface area contributed by atoms with Gasteiger partial charge in [-0.1, -0.05) is 6.92 Å². The van der Waals surface area contributed by atoms with Crippen LogP contribution in [0.3, 0.4) is 0 Å². The lowest BCUT2D eigenvalue weighted by molar-refractivity contribution is -0.238. The molecular weight excluding hydrogens is 517 g/mol. The smallest absolute Gasteiger partial charge is 0.414 e. The van der Waals surface area contributed by atoms with Crippen LogP contribution in [-0.2, 0) is 15.8 Å². The third kappa shape index (κ3) is 5.86. The van der Waals surface area contributed by atoms with Crippen molar-refractivity contribution in [2.75, 3.05) is 30.9 Å². The molecular formula is C21H27F3N8O4S. The highest BCUT2D eigenvalue weighted by Crippen LogP contribution is 2.34. The van der Waals surface area contributed by atoms with Gasteiger partial charge in [0, 0.05) is 43.7 Å². The second kappa shape index (κ2) is 10.5. The molecule has 2 aliphatic rings. The Bertz CT molecular complexity index is 1240. The first-order valence-corrected chi connectivity index (χ1v) is 13.1. The molecule has 3 unspecified atom stereocenters. The van der Waals surface area contributed by atoms with Gasteiger partial charge in [0.25, 0.3) is 0 Å². The quantitative estimate of drug-likeness (QED) is 0.379. The van der Waals surface area contributed by atoms with Crippen LogP contribution in [0.25, 0.3) is 16.9 Å². The van der Waals surface area contributed by atoms with Gasteiger partial charge in [-0.25, -0.2) is 9.19 Å². The number of hydrogen-bond acceptors (Lipinski definition) is 9. The average molecular weight is 545 g/mol. The van der Waals surface area contributed by atoms with Crippen molar-refractivity contribution in [3.8, 4) is 17.1 Å². The largest absolute Gasteiger partial charge is 0.473 e. The van der Waals surface area contributed by atoms with Gasteiger partial charge in [0.15, 0.2) is 22.8 Å². The maximum atomic E-state index is 13.3. The van der Waals surface area contributed by atoms with E-state index < -0.39 is 29.5 Å². The number of hydrogen-bond donors (Lipinski definition) is 3. The van der Waals surface area contributed by atoms with Gasteiger partial charge < -0.3 is 19.3 Å². The number of aromatic nitrogens is 6. The molecule has 202 valence electrons. The SMILES string of the molecule is C[C@@H]1CN(CS(=O)O)CC[C@@H]1Nc1nc2cnc(-c3cn[nH]c3)c(OC3CCOC(C(F)(F)F)C3)n2n1. The molecule has 5 atom stereocenters. The summed E-state index contributed by atoms with van der Waals surface area (Å²) < 4.78 is 72.6. The molecule has 16 heteroatoms. The summed E-state index contributed by atoms with van der Waals surface area (Å²) in [7, 11) is 0. The summed E-state index contributed by atoms with van der Waals surface area (Å²) in [5, 5.41) is 14.5. The molecule has 2 fully saturated rings. The molecule has 0 aromatic carbocycles. The van der Waals surface area contributed by atoms with Gasteiger partial charge in [-0.3, -0.25) is 10.00 Å². The van der Waals surface area contributed by atoms with Crippen molar-refractivity contribution in [1.29, 1.82) is 0 Å². The second-order valence-corrected chi connectivity index (χ2v) is 10.2. The molecule has 5 heterocycles. The molecule has 2 saturated heterocycles. The first-order valence-electron chi connectivity index (χ1n) is 11.8. The van der Waals surface area contributed by atoms with Gasteiger partial charge in [0.05, 0.1) is 19.0 Å². The molecule has 12 nitrogen and oxygen atoms in total. The van der Waals surface area contributed by atoms with Crippen molar-refractivity contribution in [1.82, 2.24) is 34.7 Å². The first kappa shape index (κ1) is 25.8. The van der Waals surface area contributed by atoms with Crippen LogP contribution >= 0.6 is 0 Å². The number of halogens is 3. The lowest BCUT2D eigenvalue weighted by atomic mass is 9.94. The number of piperidine rings is 1. The lowest BCUT2D eigenvalue weighted by Gasteiger charge is -2.36. The minimum Gasteiger partial charge on any atom is -0.473 e. The first-order chi connectivity index (χ1) is 17.7. The van der Waals surface area contributed by atoms with E-state index in [1.165, 1.54) is 16.9 Å². The number of rotatable bonds is 7. The van der Waals surface area contributed by atoms with Crippen LogP contribution in [0.2, 0.25) is 0 Å². The number of fused-ring (bicyclic) bond motifs is 1. The molecule has 3 aromatic rings. The number of ether oxygens (including phenoxy) is 2. The summed E-state index contributed by atoms with van der Waals surface area (Å²) in [6, 6.07) is 0.0227. The zero-order valence-corrected chi connectivity index (χ0v) is 20.7. The standard InChI is InChI=1S/C21H27F3N8O4S/c1-12-10-31(11-37(33)34)4-2-15(12)28-20-29-17-9-25-18(13-7-26-27-8-13)19(32(17)30-20)36-14-3-5-35-16(6-14)21(22,23)24/h7-9,12,14-16H,2-6,10-11H2,1H3,(H,26,27)(H,28,30)(H,33,34)/t12-,14?,15+,16?/m1/s1. The van der Waals surface area contributed by atoms with Crippen LogP contribution in [0.1, 0.15) is 26.2 Å². The van der Waals surface area contributed by atoms with Crippen LogP contribution in [0, 0.1) is 5.92 Å². The van der Waals surface area contributed by atoms with Crippen molar-refractivity contribution in [2.24, 2.45) is 5.92 Å². The highest BCUT2D eigenvalue weighted by Gasteiger charge is 2.44. The Morgan fingerprint density at radius 3 is 2.89 bits per heavy atom. The number of likely N-dealkylation sites (tertiary alicyclic amines) is 1. The summed E-state index contributed by atoms with van der Waals surface area (Å²) in [5.41, 5.74) is 1.32. The van der Waals surface area contributed by atoms with E-state index in [0.717, 1.165) is 6.42 Å². The molecule has 0 spiro atoms. The molecule has 3 aromatic heterocycles. The number of aromatic amines is 1. The van der Waals surface area contributed by atoms with Crippen LogP contribution in [0.5, 0.6) is 5.88 Å². The van der Waals surface area contributed by atoms with E-state index >= 15 is 0 Å². The molecule has 2 aliphatic heterocycles. The van der Waals surface area contributed by atoms with E-state index in [0.29, 0.717) is 35.9 Å². The highest BCUT2D eigenvalue weighted by molar-refractivity contribution is 7.79. The van der Waals surface area contributed by atoms with Crippen LogP contribution < -0.4 is 10.1 Å². The number of nitrogens with zero attached hydrogens (tertiary/aromatic N) is 6. The Labute approximate surface area is 212 Å². The molecule has 5 rings (SSSR count). The van der Waals surface area contributed by atoms with Crippen LogP contribution in [0.4, 0.5) is 19.1 Å². The van der Waals surface area contributed by atoms with E-state index in [1.807, 2.05) is 11.8 Å². The number of nitrogens with one attached hydrogen (secondary N) is 2. The van der Waals surface area contributed by atoms with E-state index in [-0.39, 0.29) is 43.2 Å². The second-order valence-electron chi connectivity index (χ2n) is 9.31. The maximum absolute atomic E-state index is 13.3. The third-order valence-corrected chi connectivity index (χ3v) is 7.17. The van der Waals surface area contributed by atoms with Gasteiger partial charge in [-0.15, -0.1) is 5.10 Å². The summed E-state index contributed by atoms with van der Waals surface area (Å²) >= 11 is -1.89. The van der Waals surface area contributed by atoms with Gasteiger partial charge in [0.2, 0.25) is 11.8 Å². The molecule has 0 bridgehead atoms. The van der Waals surface area contributed by atoms with Crippen molar-refractivity contribution >= 4 is 22.7 Å². The van der Waals surface area contributed by atoms with Crippen LogP contribution in [0.15, 0.2) is 18.6 Å². The van der Waals surface area contributed by atoms with Gasteiger partial charge in [-0.05, 0) is 12.3 Å². The molecule has 37 heavy (non-hydrogen) atoms. The molecule has 0 saturated carbocycles. The maximum Gasteiger partial charge on any atom is 0.414 e. The van der Waals surface area contributed by atoms with Crippen molar-refractivity contribution in [2.45, 2.75) is 50.6 Å². The van der Waals surface area contributed by atoms with E-state index in [9.17, 15) is 17.4 Å². The number of alkyl halides is 3. The summed E-state index contributed by atoms with van der Waals surface area (Å²) in [4.78, 5) is 10.9. The minimum atomic E-state index is -4.48. The predicted molar refractivity (Wildman–Crippen MR) is 126 cm³/mol. The fraction of sp³-hybridized carbons (Fsp3) is 0.619. The van der Waals surface area contributed by atoms with Crippen molar-refractivity contribution in [3.63, 3.8) is 0 Å². The zero-order chi connectivity index (χ0) is 26.2. The Kier molecular flexibility index (Phi) is 7.33. The fourth-order valence-electron chi connectivity index (χ4n) is 4.73. The Balaban J connectivity index is 1.40. The van der Waals surface area contributed by atoms with Crippen LogP contribution in [-0.4, -0.2) is 93.4 Å². The highest BCUT2D eigenvalue weighted by atomic mass is 32.2. The van der Waals surface area contributed by atoms with Gasteiger partial charge >= 0.3 is 6.18 Å². The number of anilines is 1. The monoisotopic (exact) mass is 544 g/mol. The topological polar surface area (TPSA) is 143 Å². The zero-order valence-electron chi connectivity index (χ0n) is 19.9. The van der Waals surface area contributed by atoms with Gasteiger partial charge in [0.1, 0.15) is 17.7 Å². The van der Waals surface area contributed by atoms with E-state index in [4.69, 9.17) is 14.0 Å². The third-order valence-electron chi connectivity index (χ3n) is 6.58.